The lowest BCUT2D eigenvalue weighted by Gasteiger charge is -2.10. The minimum Gasteiger partial charge on any atom is -0.481 e. The Balaban J connectivity index is 2.65. The molecule has 0 aliphatic heterocycles. The first-order valence-electron chi connectivity index (χ1n) is 4.70. The predicted octanol–water partition coefficient (Wildman–Crippen LogP) is -0.0321. The van der Waals surface area contributed by atoms with E-state index in [1.54, 1.807) is 6.92 Å². The molecule has 1 heterocycles. The van der Waals surface area contributed by atoms with Crippen molar-refractivity contribution in [3.8, 4) is 0 Å². The van der Waals surface area contributed by atoms with Crippen molar-refractivity contribution in [2.24, 2.45) is 0 Å². The van der Waals surface area contributed by atoms with E-state index in [9.17, 15) is 14.4 Å². The number of hydrogen-bond acceptors (Lipinski definition) is 3. The highest BCUT2D eigenvalue weighted by molar-refractivity contribution is 5.94. The van der Waals surface area contributed by atoms with Gasteiger partial charge in [0, 0.05) is 23.9 Å². The minimum atomic E-state index is -0.987. The molecule has 1 aromatic rings. The van der Waals surface area contributed by atoms with Crippen molar-refractivity contribution in [1.29, 1.82) is 0 Å². The molecular formula is C10H12N2O4. The summed E-state index contributed by atoms with van der Waals surface area (Å²) in [5.41, 5.74) is -0.167. The van der Waals surface area contributed by atoms with Crippen LogP contribution in [0.15, 0.2) is 23.1 Å². The Labute approximate surface area is 91.3 Å². The van der Waals surface area contributed by atoms with Gasteiger partial charge in [0.1, 0.15) is 0 Å². The van der Waals surface area contributed by atoms with Crippen LogP contribution in [0.1, 0.15) is 23.7 Å². The monoisotopic (exact) mass is 224 g/mol. The standard InChI is InChI=1S/C10H12N2O4/c1-6(4-9(14)15)12-10(16)7-2-3-11-8(13)5-7/h2-3,5-6H,4H2,1H3,(H,11,13)(H,12,16)(H,14,15). The number of pyridine rings is 1. The van der Waals surface area contributed by atoms with Crippen LogP contribution in [-0.2, 0) is 4.79 Å². The van der Waals surface area contributed by atoms with Crippen molar-refractivity contribution >= 4 is 11.9 Å². The highest BCUT2D eigenvalue weighted by Gasteiger charge is 2.12. The number of nitrogens with one attached hydrogen (secondary N) is 2. The Kier molecular flexibility index (Phi) is 3.82. The van der Waals surface area contributed by atoms with Crippen LogP contribution in [0.2, 0.25) is 0 Å². The summed E-state index contributed by atoms with van der Waals surface area (Å²) in [7, 11) is 0. The molecule has 1 rings (SSSR count). The SMILES string of the molecule is CC(CC(=O)O)NC(=O)c1cc[nH]c(=O)c1. The summed E-state index contributed by atoms with van der Waals surface area (Å²) >= 11 is 0. The Morgan fingerprint density at radius 3 is 2.81 bits per heavy atom. The van der Waals surface area contributed by atoms with E-state index in [1.807, 2.05) is 0 Å². The number of H-pyrrole nitrogens is 1. The van der Waals surface area contributed by atoms with Crippen LogP contribution in [-0.4, -0.2) is 28.0 Å². The fraction of sp³-hybridized carbons (Fsp3) is 0.300. The van der Waals surface area contributed by atoms with Crippen LogP contribution in [0.4, 0.5) is 0 Å². The van der Waals surface area contributed by atoms with Gasteiger partial charge in [-0.05, 0) is 13.0 Å². The van der Waals surface area contributed by atoms with E-state index in [2.05, 4.69) is 10.3 Å². The van der Waals surface area contributed by atoms with E-state index in [0.29, 0.717) is 0 Å². The molecule has 0 spiro atoms. The van der Waals surface area contributed by atoms with Gasteiger partial charge in [-0.2, -0.15) is 0 Å². The number of hydrogen-bond donors (Lipinski definition) is 3. The first-order valence-corrected chi connectivity index (χ1v) is 4.70. The fourth-order valence-corrected chi connectivity index (χ4v) is 1.21. The maximum atomic E-state index is 11.5. The van der Waals surface area contributed by atoms with Crippen molar-refractivity contribution in [3.05, 3.63) is 34.2 Å². The number of carboxylic acids is 1. The van der Waals surface area contributed by atoms with Crippen molar-refractivity contribution in [2.75, 3.05) is 0 Å². The summed E-state index contributed by atoms with van der Waals surface area (Å²) in [6.45, 7) is 1.58. The van der Waals surface area contributed by atoms with Crippen molar-refractivity contribution in [3.63, 3.8) is 0 Å². The van der Waals surface area contributed by atoms with Gasteiger partial charge in [0.25, 0.3) is 5.91 Å². The predicted molar refractivity (Wildman–Crippen MR) is 56.2 cm³/mol. The molecule has 0 bridgehead atoms. The van der Waals surface area contributed by atoms with Gasteiger partial charge in [0.15, 0.2) is 0 Å². The molecule has 0 saturated carbocycles. The van der Waals surface area contributed by atoms with Gasteiger partial charge in [-0.15, -0.1) is 0 Å². The van der Waals surface area contributed by atoms with E-state index >= 15 is 0 Å². The van der Waals surface area contributed by atoms with Gasteiger partial charge in [0.05, 0.1) is 6.42 Å². The maximum absolute atomic E-state index is 11.5. The van der Waals surface area contributed by atoms with Gasteiger partial charge in [-0.25, -0.2) is 0 Å². The number of amides is 1. The lowest BCUT2D eigenvalue weighted by Crippen LogP contribution is -2.34. The molecule has 0 saturated heterocycles. The average molecular weight is 224 g/mol. The zero-order valence-corrected chi connectivity index (χ0v) is 8.69. The van der Waals surface area contributed by atoms with E-state index in [0.717, 1.165) is 6.07 Å². The molecule has 1 atom stereocenters. The number of carbonyl (C=O) groups is 2. The number of aromatic amines is 1. The minimum absolute atomic E-state index is 0.158. The zero-order chi connectivity index (χ0) is 12.1. The smallest absolute Gasteiger partial charge is 0.305 e. The van der Waals surface area contributed by atoms with Crippen molar-refractivity contribution < 1.29 is 14.7 Å². The molecule has 0 aromatic carbocycles. The molecular weight excluding hydrogens is 212 g/mol. The topological polar surface area (TPSA) is 99.3 Å². The van der Waals surface area contributed by atoms with Crippen LogP contribution >= 0.6 is 0 Å². The molecule has 86 valence electrons. The summed E-state index contributed by atoms with van der Waals surface area (Å²) in [6, 6.07) is 2.12. The molecule has 1 amide bonds. The Morgan fingerprint density at radius 1 is 1.56 bits per heavy atom. The largest absolute Gasteiger partial charge is 0.481 e. The highest BCUT2D eigenvalue weighted by atomic mass is 16.4. The molecule has 0 aliphatic carbocycles. The Hall–Kier alpha value is -2.11. The van der Waals surface area contributed by atoms with Crippen LogP contribution < -0.4 is 10.9 Å². The summed E-state index contributed by atoms with van der Waals surface area (Å²) in [5.74, 6) is -1.45. The lowest BCUT2D eigenvalue weighted by atomic mass is 10.2. The number of carboxylic acid groups (broad SMARTS) is 1. The van der Waals surface area contributed by atoms with Crippen LogP contribution in [0.25, 0.3) is 0 Å². The molecule has 3 N–H and O–H groups in total. The molecule has 1 aromatic heterocycles. The van der Waals surface area contributed by atoms with Crippen molar-refractivity contribution in [1.82, 2.24) is 10.3 Å². The molecule has 0 radical (unpaired) electrons. The van der Waals surface area contributed by atoms with Gasteiger partial charge >= 0.3 is 5.97 Å². The third kappa shape index (κ3) is 3.56. The molecule has 16 heavy (non-hydrogen) atoms. The highest BCUT2D eigenvalue weighted by Crippen LogP contribution is 1.96. The Morgan fingerprint density at radius 2 is 2.25 bits per heavy atom. The van der Waals surface area contributed by atoms with Crippen LogP contribution in [0, 0.1) is 0 Å². The van der Waals surface area contributed by atoms with E-state index in [-0.39, 0.29) is 17.5 Å². The second-order valence-corrected chi connectivity index (χ2v) is 3.41. The first kappa shape index (κ1) is 12.0. The van der Waals surface area contributed by atoms with Crippen molar-refractivity contribution in [2.45, 2.75) is 19.4 Å². The third-order valence-corrected chi connectivity index (χ3v) is 1.90. The average Bonchev–Trinajstić information content (AvgIpc) is 2.16. The number of rotatable bonds is 4. The number of aromatic nitrogens is 1. The quantitative estimate of drug-likeness (QED) is 0.668. The second kappa shape index (κ2) is 5.11. The fourth-order valence-electron chi connectivity index (χ4n) is 1.21. The maximum Gasteiger partial charge on any atom is 0.305 e. The molecule has 0 fully saturated rings. The summed E-state index contributed by atoms with van der Waals surface area (Å²) in [6.07, 6.45) is 1.20. The second-order valence-electron chi connectivity index (χ2n) is 3.41. The van der Waals surface area contributed by atoms with Gasteiger partial charge < -0.3 is 15.4 Å². The number of carbonyl (C=O) groups excluding carboxylic acids is 1. The van der Waals surface area contributed by atoms with Crippen LogP contribution in [0.3, 0.4) is 0 Å². The van der Waals surface area contributed by atoms with E-state index < -0.39 is 17.9 Å². The molecule has 1 unspecified atom stereocenters. The lowest BCUT2D eigenvalue weighted by molar-refractivity contribution is -0.137. The zero-order valence-electron chi connectivity index (χ0n) is 8.69. The molecule has 6 nitrogen and oxygen atoms in total. The summed E-state index contributed by atoms with van der Waals surface area (Å²) in [4.78, 5) is 35.2. The van der Waals surface area contributed by atoms with Gasteiger partial charge in [-0.1, -0.05) is 0 Å². The molecule has 0 aliphatic rings. The number of aliphatic carboxylic acids is 1. The normalized spacial score (nSPS) is 11.8. The van der Waals surface area contributed by atoms with Gasteiger partial charge in [0.2, 0.25) is 5.56 Å². The summed E-state index contributed by atoms with van der Waals surface area (Å²) in [5, 5.41) is 11.0. The molecule has 6 heteroatoms. The first-order chi connectivity index (χ1) is 7.49. The summed E-state index contributed by atoms with van der Waals surface area (Å²) < 4.78 is 0. The van der Waals surface area contributed by atoms with Crippen LogP contribution in [0.5, 0.6) is 0 Å². The van der Waals surface area contributed by atoms with E-state index in [1.165, 1.54) is 12.3 Å². The van der Waals surface area contributed by atoms with E-state index in [4.69, 9.17) is 5.11 Å². The van der Waals surface area contributed by atoms with Gasteiger partial charge in [-0.3, -0.25) is 14.4 Å². The Bertz CT molecular complexity index is 452. The third-order valence-electron chi connectivity index (χ3n) is 1.90.